The van der Waals surface area contributed by atoms with Crippen LogP contribution in [0.1, 0.15) is 28.3 Å². The van der Waals surface area contributed by atoms with Crippen molar-refractivity contribution in [1.82, 2.24) is 14.9 Å². The molecule has 2 heterocycles. The van der Waals surface area contributed by atoms with Gasteiger partial charge in [-0.05, 0) is 49.7 Å². The van der Waals surface area contributed by atoms with Crippen LogP contribution in [0.25, 0.3) is 5.52 Å². The van der Waals surface area contributed by atoms with Gasteiger partial charge in [0.15, 0.2) is 0 Å². The van der Waals surface area contributed by atoms with Crippen LogP contribution >= 0.6 is 0 Å². The highest BCUT2D eigenvalue weighted by atomic mass is 15.2. The first-order chi connectivity index (χ1) is 9.72. The zero-order valence-electron chi connectivity index (χ0n) is 12.1. The normalized spacial score (nSPS) is 12.8. The topological polar surface area (TPSA) is 29.3 Å². The number of hydrogen-bond donors (Lipinski definition) is 1. The zero-order valence-corrected chi connectivity index (χ0v) is 12.1. The molecule has 0 saturated heterocycles. The Balaban J connectivity index is 2.17. The molecular formula is C17H19N3. The van der Waals surface area contributed by atoms with Crippen molar-refractivity contribution in [3.63, 3.8) is 0 Å². The lowest BCUT2D eigenvalue weighted by molar-refractivity contribution is 0.691. The molecule has 0 aliphatic rings. The Morgan fingerprint density at radius 2 is 1.90 bits per heavy atom. The minimum Gasteiger partial charge on any atom is -0.309 e. The van der Waals surface area contributed by atoms with Gasteiger partial charge in [0.1, 0.15) is 0 Å². The fourth-order valence-electron chi connectivity index (χ4n) is 2.74. The maximum Gasteiger partial charge on any atom is 0.0712 e. The largest absolute Gasteiger partial charge is 0.309 e. The van der Waals surface area contributed by atoms with E-state index < -0.39 is 0 Å². The second kappa shape index (κ2) is 5.10. The van der Waals surface area contributed by atoms with Gasteiger partial charge in [0.05, 0.1) is 17.8 Å². The molecule has 1 N–H and O–H groups in total. The Morgan fingerprint density at radius 1 is 1.05 bits per heavy atom. The molecule has 3 rings (SSSR count). The summed E-state index contributed by atoms with van der Waals surface area (Å²) in [5.41, 5.74) is 6.32. The smallest absolute Gasteiger partial charge is 0.0712 e. The van der Waals surface area contributed by atoms with Crippen molar-refractivity contribution in [2.75, 3.05) is 7.05 Å². The van der Waals surface area contributed by atoms with Gasteiger partial charge in [0, 0.05) is 11.8 Å². The summed E-state index contributed by atoms with van der Waals surface area (Å²) in [5, 5.41) is 7.87. The van der Waals surface area contributed by atoms with Crippen LogP contribution in [-0.2, 0) is 0 Å². The van der Waals surface area contributed by atoms with E-state index >= 15 is 0 Å². The average Bonchev–Trinajstić information content (AvgIpc) is 2.88. The maximum atomic E-state index is 4.44. The highest BCUT2D eigenvalue weighted by molar-refractivity contribution is 5.58. The highest BCUT2D eigenvalue weighted by Crippen LogP contribution is 2.28. The minimum atomic E-state index is 0.162. The summed E-state index contributed by atoms with van der Waals surface area (Å²) in [4.78, 5) is 0. The second-order valence-corrected chi connectivity index (χ2v) is 5.14. The van der Waals surface area contributed by atoms with Gasteiger partial charge in [-0.3, -0.25) is 0 Å². The predicted octanol–water partition coefficient (Wildman–Crippen LogP) is 3.26. The number of nitrogens with zero attached hydrogens (tertiary/aromatic N) is 2. The molecule has 0 radical (unpaired) electrons. The Morgan fingerprint density at radius 3 is 2.70 bits per heavy atom. The fourth-order valence-corrected chi connectivity index (χ4v) is 2.74. The summed E-state index contributed by atoms with van der Waals surface area (Å²) in [6, 6.07) is 12.8. The molecule has 3 heteroatoms. The van der Waals surface area contributed by atoms with Crippen molar-refractivity contribution in [2.24, 2.45) is 0 Å². The van der Waals surface area contributed by atoms with Crippen molar-refractivity contribution in [3.05, 3.63) is 71.0 Å². The molecule has 1 unspecified atom stereocenters. The van der Waals surface area contributed by atoms with Crippen LogP contribution in [0, 0.1) is 13.8 Å². The molecule has 102 valence electrons. The lowest BCUT2D eigenvalue weighted by atomic mass is 9.93. The standard InChI is InChI=1S/C17H19N3/c1-12-7-6-8-14(13(12)2)17(18-3)15-11-19-20-10-5-4-9-16(15)20/h4-11,17-18H,1-3H3. The van der Waals surface area contributed by atoms with Crippen molar-refractivity contribution in [2.45, 2.75) is 19.9 Å². The molecule has 0 bridgehead atoms. The van der Waals surface area contributed by atoms with E-state index in [1.54, 1.807) is 0 Å². The highest BCUT2D eigenvalue weighted by Gasteiger charge is 2.18. The van der Waals surface area contributed by atoms with Crippen molar-refractivity contribution in [1.29, 1.82) is 0 Å². The first-order valence-corrected chi connectivity index (χ1v) is 6.88. The Hall–Kier alpha value is -2.13. The number of pyridine rings is 1. The van der Waals surface area contributed by atoms with Crippen LogP contribution in [0.4, 0.5) is 0 Å². The third-order valence-electron chi connectivity index (χ3n) is 4.01. The first kappa shape index (κ1) is 12.9. The van der Waals surface area contributed by atoms with E-state index in [9.17, 15) is 0 Å². The Kier molecular flexibility index (Phi) is 3.28. The predicted molar refractivity (Wildman–Crippen MR) is 82.0 cm³/mol. The van der Waals surface area contributed by atoms with Crippen LogP contribution in [0.15, 0.2) is 48.8 Å². The number of hydrogen-bond acceptors (Lipinski definition) is 2. The van der Waals surface area contributed by atoms with Gasteiger partial charge in [-0.25, -0.2) is 4.52 Å². The van der Waals surface area contributed by atoms with Gasteiger partial charge in [0.2, 0.25) is 0 Å². The molecule has 0 aliphatic heterocycles. The summed E-state index contributed by atoms with van der Waals surface area (Å²) in [5.74, 6) is 0. The van der Waals surface area contributed by atoms with E-state index in [0.29, 0.717) is 0 Å². The monoisotopic (exact) mass is 265 g/mol. The molecule has 1 atom stereocenters. The Labute approximate surface area is 119 Å². The number of benzene rings is 1. The van der Waals surface area contributed by atoms with Gasteiger partial charge in [-0.1, -0.05) is 24.3 Å². The molecule has 0 saturated carbocycles. The maximum absolute atomic E-state index is 4.44. The number of nitrogens with one attached hydrogen (secondary N) is 1. The molecule has 0 spiro atoms. The van der Waals surface area contributed by atoms with Crippen LogP contribution in [-0.4, -0.2) is 16.7 Å². The van der Waals surface area contributed by atoms with Gasteiger partial charge in [-0.15, -0.1) is 0 Å². The van der Waals surface area contributed by atoms with E-state index in [0.717, 1.165) is 5.52 Å². The van der Waals surface area contributed by atoms with Crippen molar-refractivity contribution < 1.29 is 0 Å². The number of rotatable bonds is 3. The van der Waals surface area contributed by atoms with Crippen LogP contribution in [0.3, 0.4) is 0 Å². The number of aromatic nitrogens is 2. The Bertz CT molecular complexity index is 743. The summed E-state index contributed by atoms with van der Waals surface area (Å²) < 4.78 is 1.92. The van der Waals surface area contributed by atoms with Crippen LogP contribution < -0.4 is 5.32 Å². The summed E-state index contributed by atoms with van der Waals surface area (Å²) in [6.45, 7) is 4.34. The quantitative estimate of drug-likeness (QED) is 0.787. The molecule has 0 aliphatic carbocycles. The molecule has 0 fully saturated rings. The van der Waals surface area contributed by atoms with Gasteiger partial charge >= 0.3 is 0 Å². The van der Waals surface area contributed by atoms with Gasteiger partial charge in [-0.2, -0.15) is 5.10 Å². The van der Waals surface area contributed by atoms with Crippen LogP contribution in [0.2, 0.25) is 0 Å². The molecule has 20 heavy (non-hydrogen) atoms. The average molecular weight is 265 g/mol. The fraction of sp³-hybridized carbons (Fsp3) is 0.235. The van der Waals surface area contributed by atoms with Gasteiger partial charge in [0.25, 0.3) is 0 Å². The molecule has 2 aromatic heterocycles. The van der Waals surface area contributed by atoms with Crippen LogP contribution in [0.5, 0.6) is 0 Å². The molecule has 1 aromatic carbocycles. The van der Waals surface area contributed by atoms with E-state index in [-0.39, 0.29) is 6.04 Å². The summed E-state index contributed by atoms with van der Waals surface area (Å²) in [7, 11) is 2.00. The molecular weight excluding hydrogens is 246 g/mol. The molecule has 0 amide bonds. The molecule has 3 nitrogen and oxygen atoms in total. The van der Waals surface area contributed by atoms with E-state index in [1.165, 1.54) is 22.3 Å². The molecule has 3 aromatic rings. The van der Waals surface area contributed by atoms with Crippen molar-refractivity contribution in [3.8, 4) is 0 Å². The first-order valence-electron chi connectivity index (χ1n) is 6.88. The minimum absolute atomic E-state index is 0.162. The second-order valence-electron chi connectivity index (χ2n) is 5.14. The summed E-state index contributed by atoms with van der Waals surface area (Å²) >= 11 is 0. The van der Waals surface area contributed by atoms with Crippen molar-refractivity contribution >= 4 is 5.52 Å². The number of aryl methyl sites for hydroxylation is 1. The third-order valence-corrected chi connectivity index (χ3v) is 4.01. The zero-order chi connectivity index (χ0) is 14.1. The summed E-state index contributed by atoms with van der Waals surface area (Å²) in [6.07, 6.45) is 3.94. The number of fused-ring (bicyclic) bond motifs is 1. The van der Waals surface area contributed by atoms with E-state index in [1.807, 2.05) is 30.0 Å². The van der Waals surface area contributed by atoms with Gasteiger partial charge < -0.3 is 5.32 Å². The third kappa shape index (κ3) is 2.00. The van der Waals surface area contributed by atoms with E-state index in [2.05, 4.69) is 54.6 Å². The lowest BCUT2D eigenvalue weighted by Gasteiger charge is -2.19. The lowest BCUT2D eigenvalue weighted by Crippen LogP contribution is -2.18. The van der Waals surface area contributed by atoms with E-state index in [4.69, 9.17) is 0 Å². The SMILES string of the molecule is CNC(c1cccc(C)c1C)c1cnn2ccccc12.